The fourth-order valence-corrected chi connectivity index (χ4v) is 2.49. The topological polar surface area (TPSA) is 83.7 Å². The van der Waals surface area contributed by atoms with E-state index in [-0.39, 0.29) is 17.3 Å². The van der Waals surface area contributed by atoms with Crippen LogP contribution in [0.4, 0.5) is 0 Å². The summed E-state index contributed by atoms with van der Waals surface area (Å²) in [6.07, 6.45) is 1.33. The lowest BCUT2D eigenvalue weighted by molar-refractivity contribution is -0.118. The molecule has 0 saturated carbocycles. The van der Waals surface area contributed by atoms with Gasteiger partial charge in [-0.1, -0.05) is 36.4 Å². The number of fused-ring (bicyclic) bond motifs is 1. The number of carbonyl (C=O) groups is 1. The minimum absolute atomic E-state index is 0.237. The zero-order valence-electron chi connectivity index (χ0n) is 12.9. The fourth-order valence-electron chi connectivity index (χ4n) is 2.49. The lowest BCUT2D eigenvalue weighted by Gasteiger charge is -2.13. The summed E-state index contributed by atoms with van der Waals surface area (Å²) in [5, 5.41) is 15.5. The van der Waals surface area contributed by atoms with Crippen molar-refractivity contribution >= 4 is 22.9 Å². The van der Waals surface area contributed by atoms with E-state index in [1.807, 2.05) is 6.07 Å². The Morgan fingerprint density at radius 3 is 2.38 bits per heavy atom. The molecule has 1 aromatic heterocycles. The molecule has 3 aromatic rings. The number of nitrogens with zero attached hydrogens (tertiary/aromatic N) is 2. The minimum Gasteiger partial charge on any atom is -0.494 e. The molecule has 6 heteroatoms. The van der Waals surface area contributed by atoms with Crippen molar-refractivity contribution in [2.45, 2.75) is 6.92 Å². The lowest BCUT2D eigenvalue weighted by Crippen LogP contribution is -2.20. The Kier molecular flexibility index (Phi) is 4.11. The molecule has 0 fully saturated rings. The van der Waals surface area contributed by atoms with E-state index in [9.17, 15) is 14.7 Å². The van der Waals surface area contributed by atoms with E-state index in [1.54, 1.807) is 48.5 Å². The zero-order valence-corrected chi connectivity index (χ0v) is 12.9. The Bertz CT molecular complexity index is 992. The number of aromatic hydroxyl groups is 1. The van der Waals surface area contributed by atoms with Crippen LogP contribution in [0.2, 0.25) is 0 Å². The quantitative estimate of drug-likeness (QED) is 0.573. The van der Waals surface area contributed by atoms with Gasteiger partial charge in [-0.25, -0.2) is 9.99 Å². The van der Waals surface area contributed by atoms with E-state index >= 15 is 0 Å². The van der Waals surface area contributed by atoms with Gasteiger partial charge in [-0.3, -0.25) is 9.59 Å². The van der Waals surface area contributed by atoms with Crippen molar-refractivity contribution in [3.8, 4) is 11.6 Å². The maximum atomic E-state index is 12.8. The molecule has 0 bridgehead atoms. The number of nitrogens with one attached hydrogen (secondary N) is 1. The predicted molar refractivity (Wildman–Crippen MR) is 92.6 cm³/mol. The third-order valence-corrected chi connectivity index (χ3v) is 3.53. The Hall–Kier alpha value is -3.41. The van der Waals surface area contributed by atoms with Crippen LogP contribution in [-0.4, -0.2) is 21.8 Å². The first kappa shape index (κ1) is 15.5. The molecule has 2 N–H and O–H groups in total. The van der Waals surface area contributed by atoms with Crippen molar-refractivity contribution in [2.75, 3.05) is 0 Å². The normalized spacial score (nSPS) is 11.0. The molecule has 0 saturated heterocycles. The average molecular weight is 321 g/mol. The van der Waals surface area contributed by atoms with Crippen molar-refractivity contribution in [3.63, 3.8) is 0 Å². The highest BCUT2D eigenvalue weighted by Gasteiger charge is 2.15. The van der Waals surface area contributed by atoms with Crippen molar-refractivity contribution in [3.05, 3.63) is 70.5 Å². The number of hydrogen-bond donors (Lipinski definition) is 2. The standard InChI is InChI=1S/C18H15N3O3/c1-12(22)20-19-11-16-14-9-5-6-10-15(14)17(23)21(18(16)24)13-7-3-2-4-8-13/h2-11,24H,1H3,(H,20,22)/b19-11+. The first-order chi connectivity index (χ1) is 11.6. The summed E-state index contributed by atoms with van der Waals surface area (Å²) in [6, 6.07) is 15.8. The van der Waals surface area contributed by atoms with Crippen LogP contribution in [0.5, 0.6) is 5.88 Å². The Balaban J connectivity index is 2.32. The molecule has 2 aromatic carbocycles. The highest BCUT2D eigenvalue weighted by molar-refractivity contribution is 6.01. The first-order valence-corrected chi connectivity index (χ1v) is 7.31. The van der Waals surface area contributed by atoms with Crippen molar-refractivity contribution in [1.82, 2.24) is 9.99 Å². The highest BCUT2D eigenvalue weighted by atomic mass is 16.3. The fraction of sp³-hybridized carbons (Fsp3) is 0.0556. The largest absolute Gasteiger partial charge is 0.494 e. The van der Waals surface area contributed by atoms with Crippen molar-refractivity contribution < 1.29 is 9.90 Å². The smallest absolute Gasteiger partial charge is 0.265 e. The molecule has 0 atom stereocenters. The van der Waals surface area contributed by atoms with Gasteiger partial charge in [-0.2, -0.15) is 5.10 Å². The van der Waals surface area contributed by atoms with Crippen molar-refractivity contribution in [2.24, 2.45) is 5.10 Å². The van der Waals surface area contributed by atoms with Gasteiger partial charge < -0.3 is 5.11 Å². The molecule has 0 unspecified atom stereocenters. The second kappa shape index (κ2) is 6.37. The third kappa shape index (κ3) is 2.77. The number of hydrogen-bond acceptors (Lipinski definition) is 4. The van der Waals surface area contributed by atoms with Gasteiger partial charge in [0.05, 0.1) is 17.5 Å². The molecule has 0 spiro atoms. The lowest BCUT2D eigenvalue weighted by atomic mass is 10.1. The molecule has 0 aliphatic heterocycles. The van der Waals surface area contributed by atoms with Gasteiger partial charge >= 0.3 is 0 Å². The second-order valence-corrected chi connectivity index (χ2v) is 5.19. The molecule has 0 radical (unpaired) electrons. The van der Waals surface area contributed by atoms with Crippen LogP contribution < -0.4 is 11.0 Å². The average Bonchev–Trinajstić information content (AvgIpc) is 2.59. The molecular weight excluding hydrogens is 306 g/mol. The molecule has 0 aliphatic carbocycles. The summed E-state index contributed by atoms with van der Waals surface area (Å²) in [4.78, 5) is 23.8. The predicted octanol–water partition coefficient (Wildman–Crippen LogP) is 2.17. The molecule has 0 aliphatic rings. The van der Waals surface area contributed by atoms with Crippen LogP contribution in [0, 0.1) is 0 Å². The maximum Gasteiger partial charge on any atom is 0.265 e. The van der Waals surface area contributed by atoms with Gasteiger partial charge in [0.15, 0.2) is 0 Å². The molecule has 1 amide bonds. The van der Waals surface area contributed by atoms with Gasteiger partial charge in [0.1, 0.15) is 0 Å². The number of para-hydroxylation sites is 1. The number of benzene rings is 2. The summed E-state index contributed by atoms with van der Waals surface area (Å²) >= 11 is 0. The number of carbonyl (C=O) groups excluding carboxylic acids is 1. The Labute approximate surface area is 137 Å². The number of pyridine rings is 1. The van der Waals surface area contributed by atoms with Crippen LogP contribution >= 0.6 is 0 Å². The summed E-state index contributed by atoms with van der Waals surface area (Å²) in [6.45, 7) is 1.33. The summed E-state index contributed by atoms with van der Waals surface area (Å²) in [5.41, 5.74) is 2.86. The number of amides is 1. The van der Waals surface area contributed by atoms with Crippen LogP contribution in [0.1, 0.15) is 12.5 Å². The van der Waals surface area contributed by atoms with Gasteiger partial charge in [0.25, 0.3) is 5.56 Å². The van der Waals surface area contributed by atoms with Crippen LogP contribution in [0.3, 0.4) is 0 Å². The first-order valence-electron chi connectivity index (χ1n) is 7.31. The summed E-state index contributed by atoms with van der Waals surface area (Å²) < 4.78 is 1.22. The molecular formula is C18H15N3O3. The molecule has 120 valence electrons. The molecule has 1 heterocycles. The van der Waals surface area contributed by atoms with Gasteiger partial charge in [-0.15, -0.1) is 0 Å². The van der Waals surface area contributed by atoms with Crippen LogP contribution in [-0.2, 0) is 4.79 Å². The van der Waals surface area contributed by atoms with E-state index in [1.165, 1.54) is 17.7 Å². The summed E-state index contributed by atoms with van der Waals surface area (Å²) in [7, 11) is 0. The van der Waals surface area contributed by atoms with E-state index < -0.39 is 0 Å². The van der Waals surface area contributed by atoms with Gasteiger partial charge in [0.2, 0.25) is 11.8 Å². The third-order valence-electron chi connectivity index (χ3n) is 3.53. The van der Waals surface area contributed by atoms with Crippen LogP contribution in [0.15, 0.2) is 64.5 Å². The van der Waals surface area contributed by atoms with Gasteiger partial charge in [0, 0.05) is 17.7 Å². The number of hydrazone groups is 1. The van der Waals surface area contributed by atoms with E-state index in [4.69, 9.17) is 0 Å². The maximum absolute atomic E-state index is 12.8. The van der Waals surface area contributed by atoms with E-state index in [2.05, 4.69) is 10.5 Å². The number of rotatable bonds is 3. The number of aromatic nitrogens is 1. The molecule has 6 nitrogen and oxygen atoms in total. The second-order valence-electron chi connectivity index (χ2n) is 5.19. The van der Waals surface area contributed by atoms with Gasteiger partial charge in [-0.05, 0) is 18.2 Å². The highest BCUT2D eigenvalue weighted by Crippen LogP contribution is 2.25. The van der Waals surface area contributed by atoms with E-state index in [0.29, 0.717) is 22.0 Å². The summed E-state index contributed by atoms with van der Waals surface area (Å²) in [5.74, 6) is -0.564. The Morgan fingerprint density at radius 1 is 1.08 bits per heavy atom. The minimum atomic E-state index is -0.328. The molecule has 3 rings (SSSR count). The molecule has 24 heavy (non-hydrogen) atoms. The van der Waals surface area contributed by atoms with E-state index in [0.717, 1.165) is 0 Å². The van der Waals surface area contributed by atoms with Crippen molar-refractivity contribution in [1.29, 1.82) is 0 Å². The zero-order chi connectivity index (χ0) is 17.1. The SMILES string of the molecule is CC(=O)N/N=C/c1c(O)n(-c2ccccc2)c(=O)c2ccccc12. The van der Waals surface area contributed by atoms with Crippen LogP contribution in [0.25, 0.3) is 16.5 Å². The Morgan fingerprint density at radius 2 is 1.71 bits per heavy atom. The monoisotopic (exact) mass is 321 g/mol.